The molecular formula is C14H21BrN2O2. The van der Waals surface area contributed by atoms with Crippen molar-refractivity contribution >= 4 is 22.0 Å². The smallest absolute Gasteiger partial charge is 0.407 e. The van der Waals surface area contributed by atoms with Crippen molar-refractivity contribution in [1.82, 2.24) is 5.32 Å². The van der Waals surface area contributed by atoms with E-state index in [9.17, 15) is 4.79 Å². The summed E-state index contributed by atoms with van der Waals surface area (Å²) in [6.45, 7) is 5.87. The summed E-state index contributed by atoms with van der Waals surface area (Å²) in [5.74, 6) is 0. The van der Waals surface area contributed by atoms with Gasteiger partial charge < -0.3 is 15.8 Å². The standard InChI is InChI=1S/C14H21BrN2O2/c1-14(2,3)19-13(18)17-9-11(16)8-10-6-4-5-7-12(10)15/h4-7,11H,8-9,16H2,1-3H3,(H,17,18). The van der Waals surface area contributed by atoms with Crippen LogP contribution in [0.3, 0.4) is 0 Å². The van der Waals surface area contributed by atoms with Crippen LogP contribution >= 0.6 is 15.9 Å². The summed E-state index contributed by atoms with van der Waals surface area (Å²) in [6, 6.07) is 7.76. The average molecular weight is 329 g/mol. The molecule has 1 rings (SSSR count). The number of benzene rings is 1. The monoisotopic (exact) mass is 328 g/mol. The van der Waals surface area contributed by atoms with Crippen LogP contribution in [-0.4, -0.2) is 24.3 Å². The van der Waals surface area contributed by atoms with Gasteiger partial charge in [0.25, 0.3) is 0 Å². The molecule has 0 heterocycles. The molecule has 106 valence electrons. The summed E-state index contributed by atoms with van der Waals surface area (Å²) < 4.78 is 6.18. The fourth-order valence-electron chi connectivity index (χ4n) is 1.55. The lowest BCUT2D eigenvalue weighted by atomic mass is 10.1. The summed E-state index contributed by atoms with van der Waals surface area (Å²) in [5, 5.41) is 2.68. The highest BCUT2D eigenvalue weighted by atomic mass is 79.9. The van der Waals surface area contributed by atoms with Crippen molar-refractivity contribution in [3.05, 3.63) is 34.3 Å². The first-order chi connectivity index (χ1) is 8.78. The lowest BCUT2D eigenvalue weighted by Gasteiger charge is -2.21. The molecule has 0 bridgehead atoms. The van der Waals surface area contributed by atoms with E-state index in [2.05, 4.69) is 21.2 Å². The SMILES string of the molecule is CC(C)(C)OC(=O)NCC(N)Cc1ccccc1Br. The van der Waals surface area contributed by atoms with E-state index in [1.54, 1.807) is 0 Å². The first-order valence-electron chi connectivity index (χ1n) is 6.24. The molecule has 0 radical (unpaired) electrons. The van der Waals surface area contributed by atoms with E-state index < -0.39 is 11.7 Å². The Morgan fingerprint density at radius 2 is 2.05 bits per heavy atom. The summed E-state index contributed by atoms with van der Waals surface area (Å²) in [6.07, 6.45) is 0.257. The van der Waals surface area contributed by atoms with Crippen molar-refractivity contribution < 1.29 is 9.53 Å². The third kappa shape index (κ3) is 6.59. The molecule has 0 aliphatic rings. The third-order valence-electron chi connectivity index (χ3n) is 2.35. The second-order valence-electron chi connectivity index (χ2n) is 5.44. The lowest BCUT2D eigenvalue weighted by Crippen LogP contribution is -2.41. The fourth-order valence-corrected chi connectivity index (χ4v) is 1.99. The van der Waals surface area contributed by atoms with Gasteiger partial charge in [-0.3, -0.25) is 0 Å². The fraction of sp³-hybridized carbons (Fsp3) is 0.500. The average Bonchev–Trinajstić information content (AvgIpc) is 2.27. The van der Waals surface area contributed by atoms with Gasteiger partial charge in [0.1, 0.15) is 5.60 Å². The zero-order valence-corrected chi connectivity index (χ0v) is 13.2. The predicted molar refractivity (Wildman–Crippen MR) is 80.1 cm³/mol. The second-order valence-corrected chi connectivity index (χ2v) is 6.29. The largest absolute Gasteiger partial charge is 0.444 e. The molecule has 4 nitrogen and oxygen atoms in total. The van der Waals surface area contributed by atoms with Gasteiger partial charge in [-0.25, -0.2) is 4.79 Å². The number of hydrogen-bond acceptors (Lipinski definition) is 3. The third-order valence-corrected chi connectivity index (χ3v) is 3.12. The topological polar surface area (TPSA) is 64.3 Å². The van der Waals surface area contributed by atoms with E-state index in [1.165, 1.54) is 0 Å². The van der Waals surface area contributed by atoms with Crippen molar-refractivity contribution in [1.29, 1.82) is 0 Å². The summed E-state index contributed by atoms with van der Waals surface area (Å²) >= 11 is 3.48. The maximum atomic E-state index is 11.5. The van der Waals surface area contributed by atoms with Gasteiger partial charge in [0.2, 0.25) is 0 Å². The highest BCUT2D eigenvalue weighted by Crippen LogP contribution is 2.16. The van der Waals surface area contributed by atoms with Crippen molar-refractivity contribution in [2.75, 3.05) is 6.54 Å². The van der Waals surface area contributed by atoms with E-state index in [4.69, 9.17) is 10.5 Å². The molecule has 1 aromatic rings. The van der Waals surface area contributed by atoms with Crippen LogP contribution in [0.4, 0.5) is 4.79 Å². The molecule has 0 aliphatic carbocycles. The Kier molecular flexibility index (Phi) is 5.82. The molecule has 19 heavy (non-hydrogen) atoms. The number of rotatable bonds is 4. The zero-order chi connectivity index (χ0) is 14.5. The van der Waals surface area contributed by atoms with Crippen LogP contribution in [0, 0.1) is 0 Å². The van der Waals surface area contributed by atoms with Gasteiger partial charge in [0, 0.05) is 17.1 Å². The highest BCUT2D eigenvalue weighted by Gasteiger charge is 2.16. The Morgan fingerprint density at radius 1 is 1.42 bits per heavy atom. The van der Waals surface area contributed by atoms with Crippen LogP contribution in [0.2, 0.25) is 0 Å². The number of nitrogens with one attached hydrogen (secondary N) is 1. The van der Waals surface area contributed by atoms with Crippen LogP contribution in [0.1, 0.15) is 26.3 Å². The molecule has 3 N–H and O–H groups in total. The molecule has 0 aromatic heterocycles. The molecule has 1 aromatic carbocycles. The summed E-state index contributed by atoms with van der Waals surface area (Å²) in [4.78, 5) is 11.5. The first-order valence-corrected chi connectivity index (χ1v) is 7.03. The molecule has 1 unspecified atom stereocenters. The van der Waals surface area contributed by atoms with Crippen molar-refractivity contribution in [3.63, 3.8) is 0 Å². The molecule has 0 aliphatic heterocycles. The molecule has 0 saturated carbocycles. The number of amides is 1. The quantitative estimate of drug-likeness (QED) is 0.893. The van der Waals surface area contributed by atoms with Crippen LogP contribution in [0.15, 0.2) is 28.7 Å². The maximum Gasteiger partial charge on any atom is 0.407 e. The number of hydrogen-bond donors (Lipinski definition) is 2. The van der Waals surface area contributed by atoms with Gasteiger partial charge in [-0.2, -0.15) is 0 Å². The molecule has 0 saturated heterocycles. The minimum Gasteiger partial charge on any atom is -0.444 e. The van der Waals surface area contributed by atoms with Gasteiger partial charge in [-0.15, -0.1) is 0 Å². The number of halogens is 1. The Balaban J connectivity index is 2.38. The molecule has 1 amide bonds. The van der Waals surface area contributed by atoms with Crippen molar-refractivity contribution in [2.24, 2.45) is 5.73 Å². The summed E-state index contributed by atoms with van der Waals surface area (Å²) in [5.41, 5.74) is 6.63. The van der Waals surface area contributed by atoms with Gasteiger partial charge in [0.15, 0.2) is 0 Å². The van der Waals surface area contributed by atoms with Crippen LogP contribution < -0.4 is 11.1 Å². The lowest BCUT2D eigenvalue weighted by molar-refractivity contribution is 0.0524. The second kappa shape index (κ2) is 6.91. The molecule has 0 spiro atoms. The number of nitrogens with two attached hydrogens (primary N) is 1. The van der Waals surface area contributed by atoms with E-state index >= 15 is 0 Å². The van der Waals surface area contributed by atoms with Gasteiger partial charge in [-0.05, 0) is 38.8 Å². The minimum absolute atomic E-state index is 0.147. The van der Waals surface area contributed by atoms with E-state index in [-0.39, 0.29) is 6.04 Å². The predicted octanol–water partition coefficient (Wildman–Crippen LogP) is 2.84. The molecule has 5 heteroatoms. The van der Waals surface area contributed by atoms with Crippen molar-refractivity contribution in [3.8, 4) is 0 Å². The Bertz CT molecular complexity index is 430. The summed E-state index contributed by atoms with van der Waals surface area (Å²) in [7, 11) is 0. The van der Waals surface area contributed by atoms with E-state index in [0.29, 0.717) is 13.0 Å². The van der Waals surface area contributed by atoms with Gasteiger partial charge >= 0.3 is 6.09 Å². The number of alkyl carbamates (subject to hydrolysis) is 1. The maximum absolute atomic E-state index is 11.5. The molecule has 0 fully saturated rings. The van der Waals surface area contributed by atoms with Crippen LogP contribution in [0.5, 0.6) is 0 Å². The van der Waals surface area contributed by atoms with Gasteiger partial charge in [-0.1, -0.05) is 34.1 Å². The normalized spacial score (nSPS) is 12.9. The van der Waals surface area contributed by atoms with E-state index in [0.717, 1.165) is 10.0 Å². The molecular weight excluding hydrogens is 308 g/mol. The Morgan fingerprint density at radius 3 is 2.63 bits per heavy atom. The number of ether oxygens (including phenoxy) is 1. The van der Waals surface area contributed by atoms with Gasteiger partial charge in [0.05, 0.1) is 0 Å². The highest BCUT2D eigenvalue weighted by molar-refractivity contribution is 9.10. The zero-order valence-electron chi connectivity index (χ0n) is 11.6. The molecule has 1 atom stereocenters. The number of carbonyl (C=O) groups excluding carboxylic acids is 1. The Labute approximate surface area is 122 Å². The van der Waals surface area contributed by atoms with Crippen molar-refractivity contribution in [2.45, 2.75) is 38.8 Å². The number of carbonyl (C=O) groups is 1. The van der Waals surface area contributed by atoms with Crippen LogP contribution in [0.25, 0.3) is 0 Å². The first kappa shape index (κ1) is 16.0. The Hall–Kier alpha value is -1.07. The minimum atomic E-state index is -0.489. The van der Waals surface area contributed by atoms with E-state index in [1.807, 2.05) is 45.0 Å². The van der Waals surface area contributed by atoms with Crippen LogP contribution in [-0.2, 0) is 11.2 Å².